The minimum Gasteiger partial charge on any atom is -0.478 e. The molecular formula is C21H24FNO2. The SMILES string of the molecule is O=C(O)c1ccc(CCC2CCCCC2)cc1Nc1ccc(F)cc1. The van der Waals surface area contributed by atoms with Crippen LogP contribution in [-0.2, 0) is 6.42 Å². The van der Waals surface area contributed by atoms with Crippen LogP contribution in [-0.4, -0.2) is 11.1 Å². The number of nitrogens with one attached hydrogen (secondary N) is 1. The molecule has 3 nitrogen and oxygen atoms in total. The Bertz CT molecular complexity index is 721. The molecule has 1 saturated carbocycles. The van der Waals surface area contributed by atoms with Crippen LogP contribution in [0.2, 0.25) is 0 Å². The lowest BCUT2D eigenvalue weighted by Gasteiger charge is -2.21. The number of carboxylic acid groups (broad SMARTS) is 1. The van der Waals surface area contributed by atoms with Gasteiger partial charge in [0.25, 0.3) is 0 Å². The molecule has 0 atom stereocenters. The van der Waals surface area contributed by atoms with Gasteiger partial charge in [0.2, 0.25) is 0 Å². The molecule has 3 rings (SSSR count). The van der Waals surface area contributed by atoms with E-state index in [1.54, 1.807) is 18.2 Å². The predicted molar refractivity (Wildman–Crippen MR) is 98.0 cm³/mol. The number of carboxylic acids is 1. The summed E-state index contributed by atoms with van der Waals surface area (Å²) in [7, 11) is 0. The van der Waals surface area contributed by atoms with Crippen molar-refractivity contribution >= 4 is 17.3 Å². The third-order valence-electron chi connectivity index (χ3n) is 5.00. The summed E-state index contributed by atoms with van der Waals surface area (Å²) < 4.78 is 13.1. The van der Waals surface area contributed by atoms with Gasteiger partial charge in [-0.3, -0.25) is 0 Å². The van der Waals surface area contributed by atoms with Crippen molar-refractivity contribution in [1.29, 1.82) is 0 Å². The lowest BCUT2D eigenvalue weighted by Crippen LogP contribution is -2.08. The van der Waals surface area contributed by atoms with Crippen LogP contribution in [0.4, 0.5) is 15.8 Å². The standard InChI is InChI=1S/C21H24FNO2/c22-17-9-11-18(12-10-17)23-20-14-16(8-13-19(20)21(24)25)7-6-15-4-2-1-3-5-15/h8-15,23H,1-7H2,(H,24,25). The summed E-state index contributed by atoms with van der Waals surface area (Å²) in [5.41, 5.74) is 2.60. The number of carbonyl (C=O) groups is 1. The van der Waals surface area contributed by atoms with Crippen LogP contribution in [0.5, 0.6) is 0 Å². The molecule has 0 aliphatic heterocycles. The second-order valence-corrected chi connectivity index (χ2v) is 6.86. The zero-order valence-corrected chi connectivity index (χ0v) is 14.3. The highest BCUT2D eigenvalue weighted by Crippen LogP contribution is 2.29. The van der Waals surface area contributed by atoms with Gasteiger partial charge >= 0.3 is 5.97 Å². The van der Waals surface area contributed by atoms with Crippen molar-refractivity contribution in [2.75, 3.05) is 5.32 Å². The third kappa shape index (κ3) is 4.81. The molecule has 0 saturated heterocycles. The molecule has 0 spiro atoms. The topological polar surface area (TPSA) is 49.3 Å². The Balaban J connectivity index is 1.74. The van der Waals surface area contributed by atoms with Gasteiger partial charge in [0.05, 0.1) is 11.3 Å². The molecule has 0 heterocycles. The molecule has 2 aromatic carbocycles. The Morgan fingerprint density at radius 3 is 2.48 bits per heavy atom. The quantitative estimate of drug-likeness (QED) is 0.700. The Morgan fingerprint density at radius 1 is 1.08 bits per heavy atom. The van der Waals surface area contributed by atoms with Crippen molar-refractivity contribution in [3.8, 4) is 0 Å². The molecule has 1 fully saturated rings. The van der Waals surface area contributed by atoms with Crippen LogP contribution < -0.4 is 5.32 Å². The fraction of sp³-hybridized carbons (Fsp3) is 0.381. The van der Waals surface area contributed by atoms with E-state index in [1.165, 1.54) is 44.2 Å². The van der Waals surface area contributed by atoms with Crippen molar-refractivity contribution in [1.82, 2.24) is 0 Å². The van der Waals surface area contributed by atoms with Crippen LogP contribution in [0.15, 0.2) is 42.5 Å². The lowest BCUT2D eigenvalue weighted by atomic mass is 9.85. The molecule has 4 heteroatoms. The van der Waals surface area contributed by atoms with E-state index in [9.17, 15) is 14.3 Å². The average molecular weight is 341 g/mol. The summed E-state index contributed by atoms with van der Waals surface area (Å²) in [5, 5.41) is 12.5. The van der Waals surface area contributed by atoms with Crippen molar-refractivity contribution in [3.05, 3.63) is 59.4 Å². The maximum Gasteiger partial charge on any atom is 0.337 e. The van der Waals surface area contributed by atoms with Gasteiger partial charge in [0.15, 0.2) is 0 Å². The van der Waals surface area contributed by atoms with E-state index in [-0.39, 0.29) is 11.4 Å². The predicted octanol–water partition coefficient (Wildman–Crippen LogP) is 5.78. The summed E-state index contributed by atoms with van der Waals surface area (Å²) in [6, 6.07) is 11.4. The Morgan fingerprint density at radius 2 is 1.80 bits per heavy atom. The number of hydrogen-bond acceptors (Lipinski definition) is 2. The van der Waals surface area contributed by atoms with Gasteiger partial charge in [0.1, 0.15) is 5.82 Å². The monoisotopic (exact) mass is 341 g/mol. The van der Waals surface area contributed by atoms with Gasteiger partial charge in [0, 0.05) is 5.69 Å². The normalized spacial score (nSPS) is 15.1. The van der Waals surface area contributed by atoms with Gasteiger partial charge < -0.3 is 10.4 Å². The van der Waals surface area contributed by atoms with Crippen LogP contribution in [0, 0.1) is 11.7 Å². The number of halogens is 1. The summed E-state index contributed by atoms with van der Waals surface area (Å²) in [6.07, 6.45) is 8.77. The number of hydrogen-bond donors (Lipinski definition) is 2. The van der Waals surface area contributed by atoms with Gasteiger partial charge in [-0.2, -0.15) is 0 Å². The molecule has 1 aliphatic rings. The van der Waals surface area contributed by atoms with E-state index in [0.717, 1.165) is 24.3 Å². The zero-order valence-electron chi connectivity index (χ0n) is 14.3. The molecule has 2 aromatic rings. The number of anilines is 2. The van der Waals surface area contributed by atoms with E-state index in [2.05, 4.69) is 5.32 Å². The molecule has 0 amide bonds. The summed E-state index contributed by atoms with van der Waals surface area (Å²) >= 11 is 0. The zero-order chi connectivity index (χ0) is 17.6. The molecule has 0 bridgehead atoms. The first-order chi connectivity index (χ1) is 12.1. The number of rotatable bonds is 6. The molecule has 0 aromatic heterocycles. The Hall–Kier alpha value is -2.36. The van der Waals surface area contributed by atoms with Crippen molar-refractivity contribution < 1.29 is 14.3 Å². The molecule has 0 unspecified atom stereocenters. The van der Waals surface area contributed by atoms with Gasteiger partial charge in [-0.25, -0.2) is 9.18 Å². The van der Waals surface area contributed by atoms with Crippen molar-refractivity contribution in [3.63, 3.8) is 0 Å². The summed E-state index contributed by atoms with van der Waals surface area (Å²) in [4.78, 5) is 11.5. The second kappa shape index (κ2) is 8.15. The molecule has 25 heavy (non-hydrogen) atoms. The first-order valence-corrected chi connectivity index (χ1v) is 9.00. The van der Waals surface area contributed by atoms with E-state index >= 15 is 0 Å². The van der Waals surface area contributed by atoms with Crippen LogP contribution in [0.1, 0.15) is 54.4 Å². The fourth-order valence-electron chi connectivity index (χ4n) is 3.57. The minimum atomic E-state index is -0.969. The summed E-state index contributed by atoms with van der Waals surface area (Å²) in [6.45, 7) is 0. The number of aromatic carboxylic acids is 1. The first-order valence-electron chi connectivity index (χ1n) is 9.00. The highest BCUT2D eigenvalue weighted by atomic mass is 19.1. The minimum absolute atomic E-state index is 0.228. The fourth-order valence-corrected chi connectivity index (χ4v) is 3.57. The van der Waals surface area contributed by atoms with Crippen molar-refractivity contribution in [2.24, 2.45) is 5.92 Å². The maximum absolute atomic E-state index is 13.1. The van der Waals surface area contributed by atoms with Gasteiger partial charge in [-0.15, -0.1) is 0 Å². The maximum atomic E-state index is 13.1. The van der Waals surface area contributed by atoms with Crippen LogP contribution in [0.3, 0.4) is 0 Å². The largest absolute Gasteiger partial charge is 0.478 e. The van der Waals surface area contributed by atoms with Crippen LogP contribution in [0.25, 0.3) is 0 Å². The summed E-state index contributed by atoms with van der Waals surface area (Å²) in [5.74, 6) is -0.491. The van der Waals surface area contributed by atoms with Crippen LogP contribution >= 0.6 is 0 Å². The molecule has 132 valence electrons. The average Bonchev–Trinajstić information content (AvgIpc) is 2.63. The highest BCUT2D eigenvalue weighted by molar-refractivity contribution is 5.95. The van der Waals surface area contributed by atoms with E-state index in [0.29, 0.717) is 11.4 Å². The first kappa shape index (κ1) is 17.5. The molecule has 2 N–H and O–H groups in total. The smallest absolute Gasteiger partial charge is 0.337 e. The second-order valence-electron chi connectivity index (χ2n) is 6.86. The lowest BCUT2D eigenvalue weighted by molar-refractivity contribution is 0.0698. The van der Waals surface area contributed by atoms with E-state index in [1.807, 2.05) is 12.1 Å². The Kier molecular flexibility index (Phi) is 5.69. The van der Waals surface area contributed by atoms with E-state index in [4.69, 9.17) is 0 Å². The Labute approximate surface area is 147 Å². The molecule has 0 radical (unpaired) electrons. The number of aryl methyl sites for hydroxylation is 1. The third-order valence-corrected chi connectivity index (χ3v) is 5.00. The van der Waals surface area contributed by atoms with Gasteiger partial charge in [-0.1, -0.05) is 38.2 Å². The molecule has 1 aliphatic carbocycles. The highest BCUT2D eigenvalue weighted by Gasteiger charge is 2.15. The van der Waals surface area contributed by atoms with Gasteiger partial charge in [-0.05, 0) is 60.7 Å². The van der Waals surface area contributed by atoms with Crippen molar-refractivity contribution in [2.45, 2.75) is 44.9 Å². The molecular weight excluding hydrogens is 317 g/mol. The number of benzene rings is 2. The van der Waals surface area contributed by atoms with E-state index < -0.39 is 5.97 Å².